The Kier molecular flexibility index (Phi) is 6.60. The zero-order chi connectivity index (χ0) is 11.0. The van der Waals surface area contributed by atoms with Gasteiger partial charge < -0.3 is 4.74 Å². The van der Waals surface area contributed by atoms with Gasteiger partial charge in [-0.2, -0.15) is 0 Å². The van der Waals surface area contributed by atoms with Crippen molar-refractivity contribution >= 4 is 5.97 Å². The molecule has 0 rings (SSSR count). The van der Waals surface area contributed by atoms with Crippen LogP contribution in [0.15, 0.2) is 0 Å². The molecule has 2 nitrogen and oxygen atoms in total. The molecular weight excluding hydrogens is 176 g/mol. The minimum absolute atomic E-state index is 0.0898. The van der Waals surface area contributed by atoms with Crippen molar-refractivity contribution in [2.24, 2.45) is 5.41 Å². The van der Waals surface area contributed by atoms with E-state index in [1.165, 1.54) is 25.7 Å². The van der Waals surface area contributed by atoms with Gasteiger partial charge in [0.15, 0.2) is 0 Å². The second-order valence-corrected chi connectivity index (χ2v) is 4.80. The summed E-state index contributed by atoms with van der Waals surface area (Å²) >= 11 is 0. The fraction of sp³-hybridized carbons (Fsp3) is 0.917. The molecule has 0 heterocycles. The molecule has 0 amide bonds. The van der Waals surface area contributed by atoms with E-state index in [1.54, 1.807) is 0 Å². The normalized spacial score (nSPS) is 11.4. The van der Waals surface area contributed by atoms with Crippen LogP contribution in [0.3, 0.4) is 0 Å². The van der Waals surface area contributed by atoms with Gasteiger partial charge >= 0.3 is 5.97 Å². The summed E-state index contributed by atoms with van der Waals surface area (Å²) in [5.74, 6) is -0.0898. The number of carbonyl (C=O) groups is 1. The second-order valence-electron chi connectivity index (χ2n) is 4.80. The van der Waals surface area contributed by atoms with Crippen molar-refractivity contribution in [2.45, 2.75) is 59.8 Å². The van der Waals surface area contributed by atoms with Crippen molar-refractivity contribution in [2.75, 3.05) is 6.61 Å². The van der Waals surface area contributed by atoms with Crippen LogP contribution in [0.4, 0.5) is 0 Å². The Morgan fingerprint density at radius 1 is 1.07 bits per heavy atom. The predicted octanol–water partition coefficient (Wildman–Crippen LogP) is 3.55. The van der Waals surface area contributed by atoms with Gasteiger partial charge in [-0.3, -0.25) is 4.79 Å². The average molecular weight is 200 g/mol. The molecule has 0 aliphatic heterocycles. The van der Waals surface area contributed by atoms with E-state index in [1.807, 2.05) is 20.8 Å². The number of rotatable bonds is 6. The van der Waals surface area contributed by atoms with Crippen LogP contribution in [0, 0.1) is 5.41 Å². The number of esters is 1. The average Bonchev–Trinajstić information content (AvgIpc) is 2.09. The summed E-state index contributed by atoms with van der Waals surface area (Å²) in [6.07, 6.45) is 5.96. The van der Waals surface area contributed by atoms with Gasteiger partial charge in [-0.15, -0.1) is 0 Å². The number of hydrogen-bond donors (Lipinski definition) is 0. The van der Waals surface area contributed by atoms with Crippen LogP contribution in [-0.2, 0) is 9.53 Å². The van der Waals surface area contributed by atoms with E-state index in [0.717, 1.165) is 6.42 Å². The first-order valence-electron chi connectivity index (χ1n) is 5.65. The van der Waals surface area contributed by atoms with E-state index < -0.39 is 0 Å². The predicted molar refractivity (Wildman–Crippen MR) is 59.2 cm³/mol. The molecule has 0 aliphatic carbocycles. The minimum atomic E-state index is -0.358. The summed E-state index contributed by atoms with van der Waals surface area (Å²) in [5, 5.41) is 0. The Morgan fingerprint density at radius 2 is 1.64 bits per heavy atom. The number of unbranched alkanes of at least 4 members (excludes halogenated alkanes) is 4. The standard InChI is InChI=1S/C12H24O2/c1-5-6-7-8-9-10-14-11(13)12(2,3)4/h5-10H2,1-4H3. The van der Waals surface area contributed by atoms with Crippen LogP contribution in [0.5, 0.6) is 0 Å². The van der Waals surface area contributed by atoms with Gasteiger partial charge in [-0.25, -0.2) is 0 Å². The first kappa shape index (κ1) is 13.5. The third kappa shape index (κ3) is 6.93. The molecule has 0 aliphatic rings. The Balaban J connectivity index is 3.33. The van der Waals surface area contributed by atoms with Crippen LogP contribution in [-0.4, -0.2) is 12.6 Å². The highest BCUT2D eigenvalue weighted by Crippen LogP contribution is 2.15. The zero-order valence-corrected chi connectivity index (χ0v) is 10.1. The summed E-state index contributed by atoms with van der Waals surface area (Å²) in [5.41, 5.74) is -0.358. The van der Waals surface area contributed by atoms with Gasteiger partial charge in [0.1, 0.15) is 0 Å². The summed E-state index contributed by atoms with van der Waals surface area (Å²) in [6.45, 7) is 8.42. The van der Waals surface area contributed by atoms with Gasteiger partial charge in [0.25, 0.3) is 0 Å². The van der Waals surface area contributed by atoms with Gasteiger partial charge in [0, 0.05) is 0 Å². The largest absolute Gasteiger partial charge is 0.465 e. The van der Waals surface area contributed by atoms with E-state index in [2.05, 4.69) is 6.92 Å². The van der Waals surface area contributed by atoms with Crippen LogP contribution >= 0.6 is 0 Å². The maximum Gasteiger partial charge on any atom is 0.311 e. The second kappa shape index (κ2) is 6.86. The lowest BCUT2D eigenvalue weighted by molar-refractivity contribution is -0.153. The van der Waals surface area contributed by atoms with Gasteiger partial charge in [-0.05, 0) is 27.2 Å². The molecule has 0 saturated carbocycles. The monoisotopic (exact) mass is 200 g/mol. The van der Waals surface area contributed by atoms with E-state index in [9.17, 15) is 4.79 Å². The van der Waals surface area contributed by atoms with Gasteiger partial charge in [-0.1, -0.05) is 32.6 Å². The summed E-state index contributed by atoms with van der Waals surface area (Å²) in [7, 11) is 0. The lowest BCUT2D eigenvalue weighted by atomic mass is 9.97. The highest BCUT2D eigenvalue weighted by molar-refractivity contribution is 5.75. The molecule has 2 heteroatoms. The van der Waals surface area contributed by atoms with Crippen molar-refractivity contribution in [1.82, 2.24) is 0 Å². The van der Waals surface area contributed by atoms with Crippen molar-refractivity contribution in [3.63, 3.8) is 0 Å². The number of carbonyl (C=O) groups excluding carboxylic acids is 1. The smallest absolute Gasteiger partial charge is 0.311 e. The molecule has 0 aromatic heterocycles. The summed E-state index contributed by atoms with van der Waals surface area (Å²) in [4.78, 5) is 11.3. The molecule has 84 valence electrons. The molecule has 0 saturated heterocycles. The van der Waals surface area contributed by atoms with Crippen LogP contribution < -0.4 is 0 Å². The Morgan fingerprint density at radius 3 is 2.14 bits per heavy atom. The molecule has 0 spiro atoms. The molecule has 0 bridgehead atoms. The molecule has 0 N–H and O–H groups in total. The van der Waals surface area contributed by atoms with Gasteiger partial charge in [0.2, 0.25) is 0 Å². The molecule has 0 atom stereocenters. The van der Waals surface area contributed by atoms with Crippen molar-refractivity contribution in [3.8, 4) is 0 Å². The zero-order valence-electron chi connectivity index (χ0n) is 10.1. The quantitative estimate of drug-likeness (QED) is 0.484. The van der Waals surface area contributed by atoms with Crippen LogP contribution in [0.1, 0.15) is 59.8 Å². The van der Waals surface area contributed by atoms with Crippen molar-refractivity contribution < 1.29 is 9.53 Å². The highest BCUT2D eigenvalue weighted by Gasteiger charge is 2.22. The van der Waals surface area contributed by atoms with Crippen molar-refractivity contribution in [1.29, 1.82) is 0 Å². The molecule has 14 heavy (non-hydrogen) atoms. The fourth-order valence-corrected chi connectivity index (χ4v) is 1.09. The van der Waals surface area contributed by atoms with E-state index in [4.69, 9.17) is 4.74 Å². The van der Waals surface area contributed by atoms with E-state index >= 15 is 0 Å². The molecular formula is C12H24O2. The summed E-state index contributed by atoms with van der Waals surface area (Å²) in [6, 6.07) is 0. The molecule has 0 aromatic carbocycles. The highest BCUT2D eigenvalue weighted by atomic mass is 16.5. The SMILES string of the molecule is CCCCCCCOC(=O)C(C)(C)C. The molecule has 0 aromatic rings. The number of ether oxygens (including phenoxy) is 1. The Hall–Kier alpha value is -0.530. The topological polar surface area (TPSA) is 26.3 Å². The third-order valence-corrected chi connectivity index (χ3v) is 2.09. The fourth-order valence-electron chi connectivity index (χ4n) is 1.09. The van der Waals surface area contributed by atoms with Crippen LogP contribution in [0.2, 0.25) is 0 Å². The van der Waals surface area contributed by atoms with Crippen LogP contribution in [0.25, 0.3) is 0 Å². The van der Waals surface area contributed by atoms with Gasteiger partial charge in [0.05, 0.1) is 12.0 Å². The molecule has 0 unspecified atom stereocenters. The lowest BCUT2D eigenvalue weighted by Gasteiger charge is -2.16. The minimum Gasteiger partial charge on any atom is -0.465 e. The molecule has 0 radical (unpaired) electrons. The van der Waals surface area contributed by atoms with E-state index in [-0.39, 0.29) is 11.4 Å². The lowest BCUT2D eigenvalue weighted by Crippen LogP contribution is -2.23. The summed E-state index contributed by atoms with van der Waals surface area (Å²) < 4.78 is 5.15. The first-order valence-corrected chi connectivity index (χ1v) is 5.65. The first-order chi connectivity index (χ1) is 6.48. The Labute approximate surface area is 88.0 Å². The number of hydrogen-bond acceptors (Lipinski definition) is 2. The molecule has 0 fully saturated rings. The maximum absolute atomic E-state index is 11.3. The third-order valence-electron chi connectivity index (χ3n) is 2.09. The Bertz CT molecular complexity index is 156. The van der Waals surface area contributed by atoms with Crippen molar-refractivity contribution in [3.05, 3.63) is 0 Å². The maximum atomic E-state index is 11.3. The van der Waals surface area contributed by atoms with E-state index in [0.29, 0.717) is 6.61 Å².